The lowest BCUT2D eigenvalue weighted by Gasteiger charge is -2.08. The van der Waals surface area contributed by atoms with E-state index in [1.807, 2.05) is 33.7 Å². The predicted molar refractivity (Wildman–Crippen MR) is 79.0 cm³/mol. The first-order valence-electron chi connectivity index (χ1n) is 5.88. The van der Waals surface area contributed by atoms with Gasteiger partial charge in [0.25, 0.3) is 0 Å². The molecule has 0 aromatic carbocycles. The van der Waals surface area contributed by atoms with E-state index >= 15 is 0 Å². The van der Waals surface area contributed by atoms with Crippen molar-refractivity contribution in [2.24, 2.45) is 0 Å². The molecule has 0 saturated heterocycles. The van der Waals surface area contributed by atoms with Crippen molar-refractivity contribution >= 4 is 40.3 Å². The Morgan fingerprint density at radius 3 is 3.16 bits per heavy atom. The molecule has 0 bridgehead atoms. The maximum Gasteiger partial charge on any atom is 0.198 e. The van der Waals surface area contributed by atoms with E-state index in [0.717, 1.165) is 22.9 Å². The van der Waals surface area contributed by atoms with Gasteiger partial charge in [-0.05, 0) is 23.8 Å². The molecule has 0 saturated carbocycles. The molecule has 3 aromatic rings. The minimum Gasteiger partial charge on any atom is -0.278 e. The number of aryl methyl sites for hydroxylation is 1. The highest BCUT2D eigenvalue weighted by Crippen LogP contribution is 2.36. The smallest absolute Gasteiger partial charge is 0.198 e. The fourth-order valence-electron chi connectivity index (χ4n) is 2.22. The Bertz CT molecular complexity index is 741. The average Bonchev–Trinajstić information content (AvgIpc) is 3.02. The van der Waals surface area contributed by atoms with Gasteiger partial charge in [-0.2, -0.15) is 11.8 Å². The third-order valence-corrected chi connectivity index (χ3v) is 5.64. The highest BCUT2D eigenvalue weighted by Gasteiger charge is 2.18. The summed E-state index contributed by atoms with van der Waals surface area (Å²) in [4.78, 5) is 6.65. The number of aromatic nitrogens is 4. The summed E-state index contributed by atoms with van der Waals surface area (Å²) in [5.41, 5.74) is 2.05. The van der Waals surface area contributed by atoms with Gasteiger partial charge in [0.15, 0.2) is 16.6 Å². The Morgan fingerprint density at radius 2 is 2.26 bits per heavy atom. The van der Waals surface area contributed by atoms with Gasteiger partial charge < -0.3 is 0 Å². The fraction of sp³-hybridized carbons (Fsp3) is 0.250. The monoisotopic (exact) mass is 308 g/mol. The third kappa shape index (κ3) is 1.86. The molecule has 4 heterocycles. The number of rotatable bonds is 1. The zero-order chi connectivity index (χ0) is 12.8. The number of halogens is 1. The van der Waals surface area contributed by atoms with E-state index in [4.69, 9.17) is 11.6 Å². The number of thioether (sulfide) groups is 1. The van der Waals surface area contributed by atoms with Crippen LogP contribution in [-0.4, -0.2) is 25.3 Å². The van der Waals surface area contributed by atoms with Crippen LogP contribution in [0.2, 0.25) is 5.15 Å². The van der Waals surface area contributed by atoms with Gasteiger partial charge in [-0.3, -0.25) is 4.40 Å². The second kappa shape index (κ2) is 4.47. The summed E-state index contributed by atoms with van der Waals surface area (Å²) >= 11 is 9.83. The van der Waals surface area contributed by atoms with Crippen LogP contribution in [-0.2, 0) is 12.2 Å². The zero-order valence-corrected chi connectivity index (χ0v) is 12.2. The average molecular weight is 309 g/mol. The molecule has 4 rings (SSSR count). The Hall–Kier alpha value is -1.11. The van der Waals surface area contributed by atoms with E-state index in [1.165, 1.54) is 16.2 Å². The van der Waals surface area contributed by atoms with Gasteiger partial charge >= 0.3 is 0 Å². The van der Waals surface area contributed by atoms with Gasteiger partial charge in [0.2, 0.25) is 0 Å². The Morgan fingerprint density at radius 1 is 1.32 bits per heavy atom. The largest absolute Gasteiger partial charge is 0.278 e. The molecule has 19 heavy (non-hydrogen) atoms. The molecular weight excluding hydrogens is 300 g/mol. The zero-order valence-electron chi connectivity index (χ0n) is 9.84. The van der Waals surface area contributed by atoms with Crippen molar-refractivity contribution in [3.8, 4) is 10.7 Å². The maximum atomic E-state index is 6.02. The van der Waals surface area contributed by atoms with Crippen molar-refractivity contribution in [2.75, 3.05) is 5.75 Å². The summed E-state index contributed by atoms with van der Waals surface area (Å²) in [5.74, 6) is 3.16. The van der Waals surface area contributed by atoms with E-state index in [1.54, 1.807) is 6.20 Å². The van der Waals surface area contributed by atoms with Crippen molar-refractivity contribution < 1.29 is 0 Å². The molecule has 3 aromatic heterocycles. The standard InChI is InChI=1S/C12H9ClN4S2/c13-10-12-16-15-11(17(12)3-2-14-10)9-5-7-6-18-4-1-8(7)19-9/h2-3,5H,1,4,6H2. The van der Waals surface area contributed by atoms with Crippen LogP contribution in [0.15, 0.2) is 18.5 Å². The van der Waals surface area contributed by atoms with Crippen LogP contribution < -0.4 is 0 Å². The number of hydrogen-bond acceptors (Lipinski definition) is 5. The second-order valence-electron chi connectivity index (χ2n) is 4.30. The predicted octanol–water partition coefficient (Wildman–Crippen LogP) is 3.30. The summed E-state index contributed by atoms with van der Waals surface area (Å²) in [6.45, 7) is 0. The van der Waals surface area contributed by atoms with E-state index in [0.29, 0.717) is 10.8 Å². The minimum atomic E-state index is 0.387. The molecule has 0 unspecified atom stereocenters. The van der Waals surface area contributed by atoms with Crippen molar-refractivity contribution in [2.45, 2.75) is 12.2 Å². The third-order valence-electron chi connectivity index (χ3n) is 3.13. The van der Waals surface area contributed by atoms with E-state index in [-0.39, 0.29) is 0 Å². The lowest BCUT2D eigenvalue weighted by molar-refractivity contribution is 1.11. The number of nitrogens with zero attached hydrogens (tertiary/aromatic N) is 4. The molecule has 0 aliphatic carbocycles. The van der Waals surface area contributed by atoms with Crippen molar-refractivity contribution in [3.63, 3.8) is 0 Å². The molecular formula is C12H9ClN4S2. The molecule has 0 fully saturated rings. The summed E-state index contributed by atoms with van der Waals surface area (Å²) in [6, 6.07) is 2.23. The molecule has 0 N–H and O–H groups in total. The van der Waals surface area contributed by atoms with Crippen LogP contribution in [0, 0.1) is 0 Å². The molecule has 96 valence electrons. The van der Waals surface area contributed by atoms with Crippen molar-refractivity contribution in [1.82, 2.24) is 19.6 Å². The van der Waals surface area contributed by atoms with Crippen LogP contribution in [0.4, 0.5) is 0 Å². The first kappa shape index (κ1) is 11.7. The second-order valence-corrected chi connectivity index (χ2v) is 6.90. The fourth-order valence-corrected chi connectivity index (χ4v) is 4.76. The van der Waals surface area contributed by atoms with Gasteiger partial charge in [0, 0.05) is 23.0 Å². The Balaban J connectivity index is 1.90. The van der Waals surface area contributed by atoms with Gasteiger partial charge in [0.1, 0.15) is 0 Å². The Labute approximate surface area is 122 Å². The van der Waals surface area contributed by atoms with Gasteiger partial charge in [-0.25, -0.2) is 4.98 Å². The molecule has 0 radical (unpaired) electrons. The summed E-state index contributed by atoms with van der Waals surface area (Å²) in [6.07, 6.45) is 4.68. The van der Waals surface area contributed by atoms with Crippen LogP contribution >= 0.6 is 34.7 Å². The molecule has 0 amide bonds. The van der Waals surface area contributed by atoms with Gasteiger partial charge in [0.05, 0.1) is 4.88 Å². The SMILES string of the molecule is Clc1nccn2c(-c3cc4c(s3)CCSC4)nnc12. The normalized spacial score (nSPS) is 14.8. The van der Waals surface area contributed by atoms with Crippen LogP contribution in [0.25, 0.3) is 16.3 Å². The van der Waals surface area contributed by atoms with Crippen molar-refractivity contribution in [1.29, 1.82) is 0 Å². The van der Waals surface area contributed by atoms with Crippen LogP contribution in [0.1, 0.15) is 10.4 Å². The summed E-state index contributed by atoms with van der Waals surface area (Å²) in [5, 5.41) is 8.77. The molecule has 0 atom stereocenters. The molecule has 1 aliphatic heterocycles. The van der Waals surface area contributed by atoms with Crippen LogP contribution in [0.5, 0.6) is 0 Å². The molecule has 7 heteroatoms. The topological polar surface area (TPSA) is 43.1 Å². The molecule has 0 spiro atoms. The lowest BCUT2D eigenvalue weighted by Crippen LogP contribution is -1.96. The molecule has 4 nitrogen and oxygen atoms in total. The quantitative estimate of drug-likeness (QED) is 0.692. The lowest BCUT2D eigenvalue weighted by atomic mass is 10.2. The van der Waals surface area contributed by atoms with Crippen molar-refractivity contribution in [3.05, 3.63) is 34.1 Å². The molecule has 1 aliphatic rings. The van der Waals surface area contributed by atoms with Gasteiger partial charge in [-0.15, -0.1) is 21.5 Å². The van der Waals surface area contributed by atoms with E-state index in [9.17, 15) is 0 Å². The maximum absolute atomic E-state index is 6.02. The first-order chi connectivity index (χ1) is 9.33. The highest BCUT2D eigenvalue weighted by atomic mass is 35.5. The van der Waals surface area contributed by atoms with E-state index in [2.05, 4.69) is 21.2 Å². The first-order valence-corrected chi connectivity index (χ1v) is 8.23. The van der Waals surface area contributed by atoms with Gasteiger partial charge in [-0.1, -0.05) is 11.6 Å². The number of thiophene rings is 1. The Kier molecular flexibility index (Phi) is 2.75. The summed E-state index contributed by atoms with van der Waals surface area (Å²) < 4.78 is 1.90. The number of fused-ring (bicyclic) bond motifs is 2. The summed E-state index contributed by atoms with van der Waals surface area (Å²) in [7, 11) is 0. The highest BCUT2D eigenvalue weighted by molar-refractivity contribution is 7.98. The number of hydrogen-bond donors (Lipinski definition) is 0. The minimum absolute atomic E-state index is 0.387. The van der Waals surface area contributed by atoms with E-state index < -0.39 is 0 Å². The van der Waals surface area contributed by atoms with Crippen LogP contribution in [0.3, 0.4) is 0 Å².